The molecule has 0 aromatic heterocycles. The maximum absolute atomic E-state index is 13.7. The molecule has 2 heterocycles. The van der Waals surface area contributed by atoms with Crippen LogP contribution in [0.5, 0.6) is 0 Å². The third kappa shape index (κ3) is 3.31. The van der Waals surface area contributed by atoms with Gasteiger partial charge in [0.25, 0.3) is 15.9 Å². The Balaban J connectivity index is 1.68. The average Bonchev–Trinajstić information content (AvgIpc) is 2.78. The number of aryl methyl sites for hydroxylation is 2. The first kappa shape index (κ1) is 20.5. The molecule has 2 aliphatic heterocycles. The second-order valence-electron chi connectivity index (χ2n) is 8.43. The number of amides is 1. The van der Waals surface area contributed by atoms with Gasteiger partial charge in [-0.3, -0.25) is 9.80 Å². The van der Waals surface area contributed by atoms with Gasteiger partial charge in [-0.2, -0.15) is 8.42 Å². The Labute approximate surface area is 188 Å². The summed E-state index contributed by atoms with van der Waals surface area (Å²) in [7, 11) is -4.08. The van der Waals surface area contributed by atoms with Crippen molar-refractivity contribution in [2.45, 2.75) is 37.1 Å². The Kier molecular flexibility index (Phi) is 4.90. The molecule has 162 valence electrons. The molecule has 3 aromatic rings. The van der Waals surface area contributed by atoms with Crippen LogP contribution in [-0.2, 0) is 14.8 Å². The molecule has 0 bridgehead atoms. The number of sulfonamides is 1. The molecule has 0 spiro atoms. The highest BCUT2D eigenvalue weighted by molar-refractivity contribution is 7.89. The van der Waals surface area contributed by atoms with Crippen molar-refractivity contribution in [3.8, 4) is 0 Å². The summed E-state index contributed by atoms with van der Waals surface area (Å²) in [6.07, 6.45) is 4.16. The molecule has 6 heteroatoms. The number of fused-ring (bicyclic) bond motifs is 3. The number of hydrogen-bond acceptors (Lipinski definition) is 4. The zero-order valence-electron chi connectivity index (χ0n) is 18.0. The number of nitrogens with zero attached hydrogens (tertiary/aromatic N) is 2. The Morgan fingerprint density at radius 2 is 1.56 bits per heavy atom. The molecule has 0 N–H and O–H groups in total. The van der Waals surface area contributed by atoms with Gasteiger partial charge in [-0.1, -0.05) is 71.8 Å². The van der Waals surface area contributed by atoms with Crippen LogP contribution in [0.2, 0.25) is 0 Å². The Morgan fingerprint density at radius 3 is 2.28 bits per heavy atom. The van der Waals surface area contributed by atoms with E-state index in [9.17, 15) is 13.2 Å². The van der Waals surface area contributed by atoms with E-state index in [0.717, 1.165) is 26.7 Å². The molecule has 0 radical (unpaired) electrons. The van der Waals surface area contributed by atoms with Crippen LogP contribution in [0, 0.1) is 13.8 Å². The van der Waals surface area contributed by atoms with Crippen LogP contribution in [0.1, 0.15) is 34.6 Å². The molecule has 2 aliphatic rings. The fraction of sp³-hybridized carbons (Fsp3) is 0.192. The standard InChI is InChI=1S/C26H24N2O3S/c1-18-8-12-22(13-9-18)32(30,31)28-26(29)17-23(20-6-4-3-5-7-20)25-15-11-21-16-19(2)10-14-24(21)27(25)28/h3-16,23,25H,17H2,1-2H3/t23-,25+/m1/s1. The van der Waals surface area contributed by atoms with Crippen molar-refractivity contribution in [3.05, 3.63) is 101 Å². The number of carbonyl (C=O) groups is 1. The van der Waals surface area contributed by atoms with E-state index >= 15 is 0 Å². The van der Waals surface area contributed by atoms with Crippen molar-refractivity contribution in [2.24, 2.45) is 0 Å². The second kappa shape index (κ2) is 7.64. The predicted molar refractivity (Wildman–Crippen MR) is 125 cm³/mol. The minimum Gasteiger partial charge on any atom is -0.272 e. The molecule has 1 fully saturated rings. The summed E-state index contributed by atoms with van der Waals surface area (Å²) in [5, 5.41) is 1.67. The summed E-state index contributed by atoms with van der Waals surface area (Å²) in [5.41, 5.74) is 4.66. The maximum Gasteiger partial charge on any atom is 0.284 e. The first-order valence-electron chi connectivity index (χ1n) is 10.6. The molecule has 1 amide bonds. The summed E-state index contributed by atoms with van der Waals surface area (Å²) in [6, 6.07) is 22.0. The van der Waals surface area contributed by atoms with E-state index in [4.69, 9.17) is 0 Å². The van der Waals surface area contributed by atoms with Crippen LogP contribution in [0.25, 0.3) is 6.08 Å². The second-order valence-corrected chi connectivity index (χ2v) is 10.2. The lowest BCUT2D eigenvalue weighted by Crippen LogP contribution is -2.60. The monoisotopic (exact) mass is 444 g/mol. The van der Waals surface area contributed by atoms with E-state index in [1.807, 2.05) is 74.5 Å². The van der Waals surface area contributed by atoms with Crippen molar-refractivity contribution in [2.75, 3.05) is 5.01 Å². The third-order valence-corrected chi connectivity index (χ3v) is 7.88. The Bertz CT molecular complexity index is 1310. The number of rotatable bonds is 3. The van der Waals surface area contributed by atoms with Gasteiger partial charge in [0, 0.05) is 12.3 Å². The first-order chi connectivity index (χ1) is 15.4. The summed E-state index contributed by atoms with van der Waals surface area (Å²) in [4.78, 5) is 13.6. The molecule has 0 saturated carbocycles. The summed E-state index contributed by atoms with van der Waals surface area (Å²) < 4.78 is 28.4. The molecule has 1 saturated heterocycles. The van der Waals surface area contributed by atoms with Crippen LogP contribution in [0.15, 0.2) is 83.8 Å². The molecule has 0 unspecified atom stereocenters. The normalized spacial score (nSPS) is 20.1. The largest absolute Gasteiger partial charge is 0.284 e. The van der Waals surface area contributed by atoms with Crippen molar-refractivity contribution in [3.63, 3.8) is 0 Å². The van der Waals surface area contributed by atoms with E-state index in [-0.39, 0.29) is 23.3 Å². The molecule has 5 nitrogen and oxygen atoms in total. The predicted octanol–water partition coefficient (Wildman–Crippen LogP) is 4.83. The molecular weight excluding hydrogens is 420 g/mol. The number of benzene rings is 3. The fourth-order valence-corrected chi connectivity index (χ4v) is 6.02. The number of hydrazine groups is 1. The number of hydrogen-bond donors (Lipinski definition) is 0. The van der Waals surface area contributed by atoms with Gasteiger partial charge in [-0.15, -0.1) is 4.41 Å². The lowest BCUT2D eigenvalue weighted by atomic mass is 9.84. The summed E-state index contributed by atoms with van der Waals surface area (Å²) in [5.74, 6) is -0.587. The first-order valence-corrected chi connectivity index (χ1v) is 12.1. The van der Waals surface area contributed by atoms with E-state index in [2.05, 4.69) is 0 Å². The van der Waals surface area contributed by atoms with Crippen LogP contribution in [0.3, 0.4) is 0 Å². The van der Waals surface area contributed by atoms with Crippen molar-refractivity contribution < 1.29 is 13.2 Å². The van der Waals surface area contributed by atoms with Gasteiger partial charge >= 0.3 is 0 Å². The van der Waals surface area contributed by atoms with Crippen LogP contribution < -0.4 is 5.01 Å². The fourth-order valence-electron chi connectivity index (χ4n) is 4.57. The molecule has 2 atom stereocenters. The van der Waals surface area contributed by atoms with Crippen LogP contribution >= 0.6 is 0 Å². The van der Waals surface area contributed by atoms with Crippen molar-refractivity contribution >= 4 is 27.7 Å². The lowest BCUT2D eigenvalue weighted by Gasteiger charge is -2.48. The topological polar surface area (TPSA) is 57.7 Å². The highest BCUT2D eigenvalue weighted by Gasteiger charge is 2.47. The van der Waals surface area contributed by atoms with Crippen LogP contribution in [0.4, 0.5) is 5.69 Å². The van der Waals surface area contributed by atoms with Gasteiger partial charge < -0.3 is 0 Å². The molecular formula is C26H24N2O3S. The van der Waals surface area contributed by atoms with Gasteiger partial charge in [0.05, 0.1) is 16.6 Å². The van der Waals surface area contributed by atoms with E-state index in [0.29, 0.717) is 5.69 Å². The van der Waals surface area contributed by atoms with E-state index in [1.165, 1.54) is 0 Å². The minimum absolute atomic E-state index is 0.108. The van der Waals surface area contributed by atoms with E-state index in [1.54, 1.807) is 29.3 Å². The van der Waals surface area contributed by atoms with Crippen LogP contribution in [-0.4, -0.2) is 24.8 Å². The smallest absolute Gasteiger partial charge is 0.272 e. The molecule has 3 aromatic carbocycles. The van der Waals surface area contributed by atoms with Gasteiger partial charge in [0.1, 0.15) is 0 Å². The summed E-state index contributed by atoms with van der Waals surface area (Å²) >= 11 is 0. The van der Waals surface area contributed by atoms with Crippen molar-refractivity contribution in [1.82, 2.24) is 4.41 Å². The van der Waals surface area contributed by atoms with Gasteiger partial charge in [0.2, 0.25) is 0 Å². The molecule has 5 rings (SSSR count). The van der Waals surface area contributed by atoms with Gasteiger partial charge in [-0.05, 0) is 49.2 Å². The highest BCUT2D eigenvalue weighted by atomic mass is 32.2. The lowest BCUT2D eigenvalue weighted by molar-refractivity contribution is -0.129. The van der Waals surface area contributed by atoms with Crippen molar-refractivity contribution in [1.29, 1.82) is 0 Å². The Morgan fingerprint density at radius 1 is 0.875 bits per heavy atom. The quantitative estimate of drug-likeness (QED) is 0.581. The average molecular weight is 445 g/mol. The Hall–Kier alpha value is -3.38. The maximum atomic E-state index is 13.7. The third-order valence-electron chi connectivity index (χ3n) is 6.18. The molecule has 32 heavy (non-hydrogen) atoms. The zero-order chi connectivity index (χ0) is 22.5. The van der Waals surface area contributed by atoms with E-state index < -0.39 is 15.9 Å². The zero-order valence-corrected chi connectivity index (χ0v) is 18.8. The SMILES string of the molecule is Cc1ccc(S(=O)(=O)N2C(=O)C[C@H](c3ccccc3)[C@@H]3C=Cc4cc(C)ccc4N32)cc1. The highest BCUT2D eigenvalue weighted by Crippen LogP contribution is 2.43. The number of carbonyl (C=O) groups excluding carboxylic acids is 1. The van der Waals surface area contributed by atoms with Gasteiger partial charge in [0.15, 0.2) is 0 Å². The number of anilines is 1. The molecule has 0 aliphatic carbocycles. The minimum atomic E-state index is -4.08. The summed E-state index contributed by atoms with van der Waals surface area (Å²) in [6.45, 7) is 3.89. The van der Waals surface area contributed by atoms with Gasteiger partial charge in [-0.25, -0.2) is 0 Å².